The van der Waals surface area contributed by atoms with E-state index in [1.165, 1.54) is 0 Å². The van der Waals surface area contributed by atoms with E-state index in [9.17, 15) is 5.11 Å². The highest BCUT2D eigenvalue weighted by molar-refractivity contribution is 5.44. The van der Waals surface area contributed by atoms with Gasteiger partial charge in [-0.05, 0) is 56.2 Å². The molecule has 0 saturated carbocycles. The summed E-state index contributed by atoms with van der Waals surface area (Å²) >= 11 is 0. The number of hydrogen-bond donors (Lipinski definition) is 1. The van der Waals surface area contributed by atoms with Crippen LogP contribution in [0.1, 0.15) is 32.0 Å². The van der Waals surface area contributed by atoms with Crippen LogP contribution in [0.15, 0.2) is 54.6 Å². The largest absolute Gasteiger partial charge is 0.497 e. The third-order valence-electron chi connectivity index (χ3n) is 5.40. The van der Waals surface area contributed by atoms with Gasteiger partial charge < -0.3 is 19.3 Å². The average molecular weight is 468 g/mol. The van der Waals surface area contributed by atoms with Gasteiger partial charge in [-0.2, -0.15) is 5.10 Å². The normalized spacial score (nSPS) is 12.4. The van der Waals surface area contributed by atoms with Crippen LogP contribution in [0.5, 0.6) is 17.4 Å². The van der Waals surface area contributed by atoms with E-state index in [1.54, 1.807) is 7.11 Å². The van der Waals surface area contributed by atoms with Crippen molar-refractivity contribution in [3.63, 3.8) is 0 Å². The van der Waals surface area contributed by atoms with Crippen molar-refractivity contribution in [2.45, 2.75) is 40.3 Å². The van der Waals surface area contributed by atoms with Gasteiger partial charge in [-0.3, -0.25) is 4.90 Å². The number of aliphatic hydroxyl groups excluding tert-OH is 1. The molecule has 0 aliphatic carbocycles. The fourth-order valence-corrected chi connectivity index (χ4v) is 3.87. The van der Waals surface area contributed by atoms with Gasteiger partial charge in [-0.15, -0.1) is 0 Å². The number of hydrogen-bond acceptors (Lipinski definition) is 6. The second-order valence-electron chi connectivity index (χ2n) is 8.80. The number of rotatable bonds is 13. The van der Waals surface area contributed by atoms with Gasteiger partial charge in [0.2, 0.25) is 5.88 Å². The minimum atomic E-state index is -0.561. The van der Waals surface area contributed by atoms with Crippen LogP contribution in [-0.4, -0.2) is 59.3 Å². The van der Waals surface area contributed by atoms with Crippen LogP contribution in [0.4, 0.5) is 0 Å². The first-order valence-corrected chi connectivity index (χ1v) is 11.8. The van der Waals surface area contributed by atoms with Crippen molar-refractivity contribution in [2.24, 2.45) is 5.92 Å². The quantitative estimate of drug-likeness (QED) is 0.388. The van der Waals surface area contributed by atoms with Gasteiger partial charge in [0.15, 0.2) is 0 Å². The van der Waals surface area contributed by atoms with Gasteiger partial charge >= 0.3 is 0 Å². The lowest BCUT2D eigenvalue weighted by Gasteiger charge is -2.27. The molecule has 1 N–H and O–H groups in total. The van der Waals surface area contributed by atoms with Gasteiger partial charge in [0.25, 0.3) is 0 Å². The lowest BCUT2D eigenvalue weighted by molar-refractivity contribution is 0.0173. The number of benzene rings is 2. The molecule has 1 aromatic heterocycles. The number of aliphatic hydroxyl groups is 1. The van der Waals surface area contributed by atoms with Crippen LogP contribution in [0.2, 0.25) is 0 Å². The van der Waals surface area contributed by atoms with E-state index in [4.69, 9.17) is 19.3 Å². The van der Waals surface area contributed by atoms with Crippen molar-refractivity contribution in [3.8, 4) is 23.1 Å². The first-order chi connectivity index (χ1) is 16.4. The van der Waals surface area contributed by atoms with Crippen molar-refractivity contribution in [2.75, 3.05) is 33.4 Å². The summed E-state index contributed by atoms with van der Waals surface area (Å²) in [5, 5.41) is 15.3. The van der Waals surface area contributed by atoms with Crippen molar-refractivity contribution >= 4 is 0 Å². The Morgan fingerprint density at radius 1 is 1.00 bits per heavy atom. The summed E-state index contributed by atoms with van der Waals surface area (Å²) in [6, 6.07) is 17.5. The predicted molar refractivity (Wildman–Crippen MR) is 134 cm³/mol. The summed E-state index contributed by atoms with van der Waals surface area (Å²) < 4.78 is 19.0. The predicted octanol–water partition coefficient (Wildman–Crippen LogP) is 4.84. The Hall–Kier alpha value is -2.87. The van der Waals surface area contributed by atoms with Gasteiger partial charge in [-0.1, -0.05) is 32.0 Å². The smallest absolute Gasteiger partial charge is 0.227 e. The molecule has 3 rings (SSSR count). The highest BCUT2D eigenvalue weighted by Gasteiger charge is 2.23. The topological polar surface area (TPSA) is 69.0 Å². The molecule has 34 heavy (non-hydrogen) atoms. The van der Waals surface area contributed by atoms with Crippen molar-refractivity contribution in [3.05, 3.63) is 65.9 Å². The van der Waals surface area contributed by atoms with Crippen LogP contribution in [-0.2, 0) is 11.3 Å². The number of methoxy groups -OCH3 is 1. The van der Waals surface area contributed by atoms with E-state index in [1.807, 2.05) is 73.1 Å². The number of aryl methyl sites for hydroxylation is 1. The molecule has 7 heteroatoms. The SMILES string of the molecule is CCOC[C@H](O)CN(Cc1c(C)nn(-c2ccccc2)c1Oc1ccc(OC)cc1)CC(C)C. The third-order valence-corrected chi connectivity index (χ3v) is 5.40. The molecule has 0 unspecified atom stereocenters. The highest BCUT2D eigenvalue weighted by atomic mass is 16.5. The van der Waals surface area contributed by atoms with Gasteiger partial charge in [-0.25, -0.2) is 4.68 Å². The molecule has 0 spiro atoms. The van der Waals surface area contributed by atoms with E-state index in [-0.39, 0.29) is 0 Å². The van der Waals surface area contributed by atoms with Crippen LogP contribution >= 0.6 is 0 Å². The van der Waals surface area contributed by atoms with E-state index >= 15 is 0 Å². The van der Waals surface area contributed by atoms with Crippen LogP contribution in [0.3, 0.4) is 0 Å². The Kier molecular flexibility index (Phi) is 9.51. The van der Waals surface area contributed by atoms with Gasteiger partial charge in [0.05, 0.1) is 36.8 Å². The zero-order valence-electron chi connectivity index (χ0n) is 20.9. The van der Waals surface area contributed by atoms with E-state index < -0.39 is 6.10 Å². The molecular formula is C27H37N3O4. The molecule has 0 saturated heterocycles. The van der Waals surface area contributed by atoms with E-state index in [2.05, 4.69) is 18.7 Å². The van der Waals surface area contributed by atoms with E-state index in [0.717, 1.165) is 29.2 Å². The molecule has 7 nitrogen and oxygen atoms in total. The maximum Gasteiger partial charge on any atom is 0.227 e. The van der Waals surface area contributed by atoms with Gasteiger partial charge in [0, 0.05) is 26.2 Å². The summed E-state index contributed by atoms with van der Waals surface area (Å²) in [6.07, 6.45) is -0.561. The number of nitrogens with zero attached hydrogens (tertiary/aromatic N) is 3. The molecule has 1 atom stereocenters. The monoisotopic (exact) mass is 467 g/mol. The zero-order valence-corrected chi connectivity index (χ0v) is 20.9. The summed E-state index contributed by atoms with van der Waals surface area (Å²) in [6.45, 7) is 11.1. The summed E-state index contributed by atoms with van der Waals surface area (Å²) in [4.78, 5) is 2.24. The molecule has 1 heterocycles. The minimum Gasteiger partial charge on any atom is -0.497 e. The third kappa shape index (κ3) is 7.06. The lowest BCUT2D eigenvalue weighted by atomic mass is 10.1. The lowest BCUT2D eigenvalue weighted by Crippen LogP contribution is -2.37. The summed E-state index contributed by atoms with van der Waals surface area (Å²) in [7, 11) is 1.64. The standard InChI is InChI=1S/C27H37N3O4/c1-6-33-19-23(31)17-29(16-20(2)3)18-26-21(4)28-30(22-10-8-7-9-11-22)27(26)34-25-14-12-24(32-5)13-15-25/h7-15,20,23,31H,6,16-19H2,1-5H3/t23-/m1/s1. The Balaban J connectivity index is 1.95. The number of ether oxygens (including phenoxy) is 3. The van der Waals surface area contributed by atoms with Crippen LogP contribution in [0.25, 0.3) is 5.69 Å². The molecule has 2 aromatic carbocycles. The minimum absolute atomic E-state index is 0.322. The maximum absolute atomic E-state index is 10.5. The van der Waals surface area contributed by atoms with E-state index in [0.29, 0.717) is 43.9 Å². The van der Waals surface area contributed by atoms with Crippen LogP contribution < -0.4 is 9.47 Å². The Morgan fingerprint density at radius 3 is 2.29 bits per heavy atom. The number of aromatic nitrogens is 2. The highest BCUT2D eigenvalue weighted by Crippen LogP contribution is 2.32. The first kappa shape index (κ1) is 25.7. The zero-order chi connectivity index (χ0) is 24.5. The molecule has 184 valence electrons. The Morgan fingerprint density at radius 2 is 1.68 bits per heavy atom. The molecule has 0 aliphatic heterocycles. The second-order valence-corrected chi connectivity index (χ2v) is 8.80. The van der Waals surface area contributed by atoms with Gasteiger partial charge in [0.1, 0.15) is 11.5 Å². The molecule has 0 bridgehead atoms. The fourth-order valence-electron chi connectivity index (χ4n) is 3.87. The summed E-state index contributed by atoms with van der Waals surface area (Å²) in [5.41, 5.74) is 2.80. The average Bonchev–Trinajstić information content (AvgIpc) is 3.13. The number of para-hydroxylation sites is 1. The fraction of sp³-hybridized carbons (Fsp3) is 0.444. The Bertz CT molecular complexity index is 1000. The van der Waals surface area contributed by atoms with Crippen molar-refractivity contribution < 1.29 is 19.3 Å². The molecule has 0 fully saturated rings. The second kappa shape index (κ2) is 12.6. The van der Waals surface area contributed by atoms with Crippen LogP contribution in [0, 0.1) is 12.8 Å². The molecule has 0 radical (unpaired) electrons. The van der Waals surface area contributed by atoms with Crippen molar-refractivity contribution in [1.82, 2.24) is 14.7 Å². The molecule has 0 aliphatic rings. The molecular weight excluding hydrogens is 430 g/mol. The maximum atomic E-state index is 10.5. The van der Waals surface area contributed by atoms with Crippen molar-refractivity contribution in [1.29, 1.82) is 0 Å². The molecule has 3 aromatic rings. The summed E-state index contributed by atoms with van der Waals surface area (Å²) in [5.74, 6) is 2.58. The Labute approximate surface area is 202 Å². The molecule has 0 amide bonds. The first-order valence-electron chi connectivity index (χ1n) is 11.8.